The molecule has 0 aromatic carbocycles. The SMILES string of the molecule is COC(=O)CC(=O)c1ncc(C)cc1F. The number of pyridine rings is 1. The molecule has 5 heteroatoms. The van der Waals surface area contributed by atoms with Crippen LogP contribution in [0.2, 0.25) is 0 Å². The third kappa shape index (κ3) is 2.83. The van der Waals surface area contributed by atoms with E-state index in [1.807, 2.05) is 0 Å². The third-order valence-corrected chi connectivity index (χ3v) is 1.77. The lowest BCUT2D eigenvalue weighted by molar-refractivity contribution is -0.139. The van der Waals surface area contributed by atoms with Crippen LogP contribution in [0.3, 0.4) is 0 Å². The molecule has 15 heavy (non-hydrogen) atoms. The summed E-state index contributed by atoms with van der Waals surface area (Å²) in [6.45, 7) is 1.66. The molecule has 1 rings (SSSR count). The first-order valence-electron chi connectivity index (χ1n) is 4.26. The summed E-state index contributed by atoms with van der Waals surface area (Å²) in [6, 6.07) is 1.19. The van der Waals surface area contributed by atoms with E-state index in [1.165, 1.54) is 12.3 Å². The summed E-state index contributed by atoms with van der Waals surface area (Å²) < 4.78 is 17.5. The van der Waals surface area contributed by atoms with E-state index < -0.39 is 24.0 Å². The molecule has 4 nitrogen and oxygen atoms in total. The van der Waals surface area contributed by atoms with E-state index in [0.29, 0.717) is 5.56 Å². The number of ether oxygens (including phenoxy) is 1. The highest BCUT2D eigenvalue weighted by atomic mass is 19.1. The van der Waals surface area contributed by atoms with Gasteiger partial charge in [-0.15, -0.1) is 0 Å². The van der Waals surface area contributed by atoms with Gasteiger partial charge in [-0.3, -0.25) is 9.59 Å². The van der Waals surface area contributed by atoms with Crippen LogP contribution in [-0.4, -0.2) is 23.8 Å². The Balaban J connectivity index is 2.87. The minimum atomic E-state index is -0.719. The van der Waals surface area contributed by atoms with Crippen LogP contribution in [0.15, 0.2) is 12.3 Å². The molecule has 0 bridgehead atoms. The first-order chi connectivity index (χ1) is 7.04. The van der Waals surface area contributed by atoms with Crippen molar-refractivity contribution in [2.45, 2.75) is 13.3 Å². The second kappa shape index (κ2) is 4.63. The number of methoxy groups -OCH3 is 1. The molecule has 1 aromatic rings. The first kappa shape index (κ1) is 11.3. The summed E-state index contributed by atoms with van der Waals surface area (Å²) in [5, 5.41) is 0. The third-order valence-electron chi connectivity index (χ3n) is 1.77. The second-order valence-corrected chi connectivity index (χ2v) is 3.02. The molecule has 0 atom stereocenters. The Labute approximate surface area is 86.1 Å². The van der Waals surface area contributed by atoms with Gasteiger partial charge in [0.05, 0.1) is 7.11 Å². The summed E-state index contributed by atoms with van der Waals surface area (Å²) in [6.07, 6.45) is 0.872. The predicted molar refractivity (Wildman–Crippen MR) is 49.9 cm³/mol. The largest absolute Gasteiger partial charge is 0.469 e. The maximum absolute atomic E-state index is 13.2. The smallest absolute Gasteiger partial charge is 0.313 e. The van der Waals surface area contributed by atoms with Gasteiger partial charge in [0.1, 0.15) is 12.1 Å². The highest BCUT2D eigenvalue weighted by Gasteiger charge is 2.17. The fraction of sp³-hybridized carbons (Fsp3) is 0.300. The van der Waals surface area contributed by atoms with E-state index in [4.69, 9.17) is 0 Å². The Morgan fingerprint density at radius 1 is 1.53 bits per heavy atom. The van der Waals surface area contributed by atoms with Crippen molar-refractivity contribution in [2.75, 3.05) is 7.11 Å². The van der Waals surface area contributed by atoms with Gasteiger partial charge in [-0.2, -0.15) is 0 Å². The van der Waals surface area contributed by atoms with Crippen molar-refractivity contribution in [1.29, 1.82) is 0 Å². The van der Waals surface area contributed by atoms with Crippen molar-refractivity contribution < 1.29 is 18.7 Å². The van der Waals surface area contributed by atoms with Gasteiger partial charge in [0.25, 0.3) is 0 Å². The molecule has 0 unspecified atom stereocenters. The number of rotatable bonds is 3. The van der Waals surface area contributed by atoms with Crippen LogP contribution in [0.4, 0.5) is 4.39 Å². The molecular formula is C10H10FNO3. The molecule has 0 saturated heterocycles. The number of aryl methyl sites for hydroxylation is 1. The number of Topliss-reactive ketones (excluding diaryl/α,β-unsaturated/α-hetero) is 1. The van der Waals surface area contributed by atoms with Gasteiger partial charge < -0.3 is 4.74 Å². The Bertz CT molecular complexity index is 404. The van der Waals surface area contributed by atoms with Crippen molar-refractivity contribution in [1.82, 2.24) is 4.98 Å². The molecule has 0 radical (unpaired) electrons. The van der Waals surface area contributed by atoms with Gasteiger partial charge in [-0.25, -0.2) is 9.37 Å². The Morgan fingerprint density at radius 3 is 2.73 bits per heavy atom. The number of carbonyl (C=O) groups is 2. The minimum Gasteiger partial charge on any atom is -0.469 e. The quantitative estimate of drug-likeness (QED) is 0.429. The number of hydrogen-bond donors (Lipinski definition) is 0. The molecule has 0 spiro atoms. The van der Waals surface area contributed by atoms with Crippen LogP contribution in [0.1, 0.15) is 22.5 Å². The fourth-order valence-corrected chi connectivity index (χ4v) is 1.03. The van der Waals surface area contributed by atoms with Gasteiger partial charge in [0, 0.05) is 6.20 Å². The van der Waals surface area contributed by atoms with Crippen LogP contribution >= 0.6 is 0 Å². The van der Waals surface area contributed by atoms with Crippen LogP contribution in [0.5, 0.6) is 0 Å². The maximum Gasteiger partial charge on any atom is 0.313 e. The summed E-state index contributed by atoms with van der Waals surface area (Å²) in [5.74, 6) is -2.11. The van der Waals surface area contributed by atoms with Crippen molar-refractivity contribution in [2.24, 2.45) is 0 Å². The van der Waals surface area contributed by atoms with Gasteiger partial charge >= 0.3 is 5.97 Å². The lowest BCUT2D eigenvalue weighted by atomic mass is 10.1. The molecule has 0 amide bonds. The van der Waals surface area contributed by atoms with Gasteiger partial charge in [-0.05, 0) is 18.6 Å². The predicted octanol–water partition coefficient (Wildman–Crippen LogP) is 1.27. The molecular weight excluding hydrogens is 201 g/mol. The van der Waals surface area contributed by atoms with E-state index in [9.17, 15) is 14.0 Å². The van der Waals surface area contributed by atoms with Crippen LogP contribution in [-0.2, 0) is 9.53 Å². The molecule has 1 aromatic heterocycles. The first-order valence-corrected chi connectivity index (χ1v) is 4.26. The van der Waals surface area contributed by atoms with E-state index in [-0.39, 0.29) is 5.69 Å². The number of esters is 1. The van der Waals surface area contributed by atoms with Crippen molar-refractivity contribution >= 4 is 11.8 Å². The topological polar surface area (TPSA) is 56.3 Å². The Morgan fingerprint density at radius 2 is 2.20 bits per heavy atom. The van der Waals surface area contributed by atoms with E-state index in [2.05, 4.69) is 9.72 Å². The molecule has 0 fully saturated rings. The van der Waals surface area contributed by atoms with Crippen molar-refractivity contribution in [3.63, 3.8) is 0 Å². The van der Waals surface area contributed by atoms with E-state index in [1.54, 1.807) is 6.92 Å². The lowest BCUT2D eigenvalue weighted by Crippen LogP contribution is -2.12. The molecule has 80 valence electrons. The van der Waals surface area contributed by atoms with Crippen molar-refractivity contribution in [3.05, 3.63) is 29.3 Å². The molecule has 0 aliphatic carbocycles. The number of hydrogen-bond acceptors (Lipinski definition) is 4. The second-order valence-electron chi connectivity index (χ2n) is 3.02. The number of nitrogens with zero attached hydrogens (tertiary/aromatic N) is 1. The van der Waals surface area contributed by atoms with E-state index >= 15 is 0 Å². The lowest BCUT2D eigenvalue weighted by Gasteiger charge is -2.01. The summed E-state index contributed by atoms with van der Waals surface area (Å²) in [5.41, 5.74) is 0.285. The molecule has 0 N–H and O–H groups in total. The van der Waals surface area contributed by atoms with Crippen molar-refractivity contribution in [3.8, 4) is 0 Å². The van der Waals surface area contributed by atoms with Crippen LogP contribution < -0.4 is 0 Å². The fourth-order valence-electron chi connectivity index (χ4n) is 1.03. The number of ketones is 1. The normalized spacial score (nSPS) is 9.80. The molecule has 1 heterocycles. The van der Waals surface area contributed by atoms with Gasteiger partial charge in [0.15, 0.2) is 11.6 Å². The zero-order chi connectivity index (χ0) is 11.4. The average Bonchev–Trinajstić information content (AvgIpc) is 2.17. The standard InChI is InChI=1S/C10H10FNO3/c1-6-3-7(11)10(12-5-6)8(13)4-9(14)15-2/h3,5H,4H2,1-2H3. The summed E-state index contributed by atoms with van der Waals surface area (Å²) in [4.78, 5) is 25.8. The minimum absolute atomic E-state index is 0.328. The summed E-state index contributed by atoms with van der Waals surface area (Å²) in [7, 11) is 1.16. The van der Waals surface area contributed by atoms with Crippen LogP contribution in [0.25, 0.3) is 0 Å². The average molecular weight is 211 g/mol. The number of carbonyl (C=O) groups excluding carboxylic acids is 2. The van der Waals surface area contributed by atoms with Gasteiger partial charge in [0.2, 0.25) is 0 Å². The molecule has 0 aliphatic rings. The summed E-state index contributed by atoms with van der Waals surface area (Å²) >= 11 is 0. The zero-order valence-electron chi connectivity index (χ0n) is 8.41. The monoisotopic (exact) mass is 211 g/mol. The maximum atomic E-state index is 13.2. The highest BCUT2D eigenvalue weighted by Crippen LogP contribution is 2.08. The number of halogens is 1. The Kier molecular flexibility index (Phi) is 3.49. The Hall–Kier alpha value is -1.78. The number of aromatic nitrogens is 1. The zero-order valence-corrected chi connectivity index (χ0v) is 8.41. The van der Waals surface area contributed by atoms with Crippen LogP contribution in [0, 0.1) is 12.7 Å². The highest BCUT2D eigenvalue weighted by molar-refractivity contribution is 6.04. The molecule has 0 aliphatic heterocycles. The molecule has 0 saturated carbocycles. The van der Waals surface area contributed by atoms with E-state index in [0.717, 1.165) is 7.11 Å². The van der Waals surface area contributed by atoms with Gasteiger partial charge in [-0.1, -0.05) is 0 Å².